The van der Waals surface area contributed by atoms with Crippen LogP contribution in [-0.4, -0.2) is 99.0 Å². The average molecular weight is 338 g/mol. The normalized spacial score (nSPS) is 51.7. The lowest BCUT2D eigenvalue weighted by molar-refractivity contribution is -0.328. The molecule has 0 amide bonds. The molecule has 2 aliphatic rings. The van der Waals surface area contributed by atoms with E-state index in [0.717, 1.165) is 0 Å². The van der Waals surface area contributed by atoms with Crippen molar-refractivity contribution in [3.05, 3.63) is 0 Å². The number of aliphatic hydroxyl groups is 6. The second kappa shape index (κ2) is 7.68. The molecule has 2 fully saturated rings. The zero-order valence-corrected chi connectivity index (χ0v) is 13.1. The van der Waals surface area contributed by atoms with Crippen LogP contribution >= 0.6 is 0 Å². The van der Waals surface area contributed by atoms with Crippen molar-refractivity contribution in [2.75, 3.05) is 13.2 Å². The Balaban J connectivity index is 2.08. The molecule has 4 unspecified atom stereocenters. The highest BCUT2D eigenvalue weighted by Gasteiger charge is 2.48. The third-order valence-corrected chi connectivity index (χ3v) is 4.58. The average Bonchev–Trinajstić information content (AvgIpc) is 2.54. The van der Waals surface area contributed by atoms with Gasteiger partial charge in [-0.1, -0.05) is 6.92 Å². The van der Waals surface area contributed by atoms with E-state index >= 15 is 0 Å². The first kappa shape index (κ1) is 19.0. The molecule has 2 aliphatic heterocycles. The van der Waals surface area contributed by atoms with Crippen molar-refractivity contribution in [2.45, 2.75) is 69.0 Å². The Morgan fingerprint density at radius 1 is 0.783 bits per heavy atom. The maximum atomic E-state index is 10.2. The van der Waals surface area contributed by atoms with Crippen molar-refractivity contribution in [2.24, 2.45) is 5.92 Å². The van der Waals surface area contributed by atoms with E-state index in [-0.39, 0.29) is 0 Å². The molecule has 0 spiro atoms. The molecular formula is C14H26O9. The molecule has 0 aromatic carbocycles. The molecule has 9 nitrogen and oxygen atoms in total. The van der Waals surface area contributed by atoms with E-state index in [2.05, 4.69) is 0 Å². The zero-order chi connectivity index (χ0) is 17.3. The topological polar surface area (TPSA) is 149 Å². The summed E-state index contributed by atoms with van der Waals surface area (Å²) in [6.45, 7) is 2.27. The van der Waals surface area contributed by atoms with Crippen molar-refractivity contribution in [3.8, 4) is 0 Å². The predicted octanol–water partition coefficient (Wildman–Crippen LogP) is -3.05. The number of aliphatic hydroxyl groups excluding tert-OH is 6. The first-order chi connectivity index (χ1) is 10.8. The lowest BCUT2D eigenvalue weighted by Crippen LogP contribution is -2.62. The third kappa shape index (κ3) is 3.68. The summed E-state index contributed by atoms with van der Waals surface area (Å²) in [5, 5.41) is 58.3. The van der Waals surface area contributed by atoms with Gasteiger partial charge in [-0.15, -0.1) is 0 Å². The minimum atomic E-state index is -1.33. The summed E-state index contributed by atoms with van der Waals surface area (Å²) in [5.41, 5.74) is 0. The van der Waals surface area contributed by atoms with Gasteiger partial charge in [-0.3, -0.25) is 0 Å². The Morgan fingerprint density at radius 2 is 1.30 bits per heavy atom. The van der Waals surface area contributed by atoms with Crippen molar-refractivity contribution in [1.82, 2.24) is 0 Å². The van der Waals surface area contributed by atoms with Crippen LogP contribution in [0.2, 0.25) is 0 Å². The minimum absolute atomic E-state index is 0.441. The van der Waals surface area contributed by atoms with Gasteiger partial charge in [0.25, 0.3) is 0 Å². The molecule has 2 rings (SSSR count). The van der Waals surface area contributed by atoms with Gasteiger partial charge in [0.2, 0.25) is 0 Å². The maximum absolute atomic E-state index is 10.2. The molecule has 2 saturated heterocycles. The molecule has 9 heteroatoms. The van der Waals surface area contributed by atoms with Gasteiger partial charge in [-0.2, -0.15) is 0 Å². The highest BCUT2D eigenvalue weighted by Crippen LogP contribution is 2.31. The molecule has 6 N–H and O–H groups in total. The lowest BCUT2D eigenvalue weighted by Gasteiger charge is -2.46. The van der Waals surface area contributed by atoms with Crippen LogP contribution in [0.25, 0.3) is 0 Å². The minimum Gasteiger partial charge on any atom is -0.394 e. The van der Waals surface area contributed by atoms with Gasteiger partial charge in [0, 0.05) is 5.92 Å². The molecule has 0 aromatic rings. The number of rotatable bonds is 4. The van der Waals surface area contributed by atoms with Crippen LogP contribution in [0.15, 0.2) is 0 Å². The van der Waals surface area contributed by atoms with E-state index < -0.39 is 74.3 Å². The zero-order valence-electron chi connectivity index (χ0n) is 13.1. The fourth-order valence-electron chi connectivity index (χ4n) is 3.00. The quantitative estimate of drug-likeness (QED) is 0.314. The molecule has 0 bridgehead atoms. The van der Waals surface area contributed by atoms with Crippen LogP contribution in [-0.2, 0) is 14.2 Å². The Bertz CT molecular complexity index is 379. The van der Waals surface area contributed by atoms with E-state index in [1.807, 2.05) is 0 Å². The molecule has 0 saturated carbocycles. The van der Waals surface area contributed by atoms with Crippen molar-refractivity contribution in [1.29, 1.82) is 0 Å². The van der Waals surface area contributed by atoms with Gasteiger partial charge in [-0.25, -0.2) is 0 Å². The smallest absolute Gasteiger partial charge is 0.163 e. The molecule has 136 valence electrons. The Labute approximate surface area is 134 Å². The SMILES string of the molecule is CC1C(O)[C@H](O)[C@H](CO)O[C@H]1O[C@@H]1C(O)[C@H](O)C(CO)O[C@@H]1C. The molecular weight excluding hydrogens is 312 g/mol. The van der Waals surface area contributed by atoms with E-state index in [1.54, 1.807) is 13.8 Å². The molecule has 0 aliphatic carbocycles. The van der Waals surface area contributed by atoms with Gasteiger partial charge >= 0.3 is 0 Å². The summed E-state index contributed by atoms with van der Waals surface area (Å²) in [4.78, 5) is 0. The van der Waals surface area contributed by atoms with E-state index in [4.69, 9.17) is 19.3 Å². The molecule has 0 aromatic heterocycles. The fraction of sp³-hybridized carbons (Fsp3) is 1.00. The van der Waals surface area contributed by atoms with Crippen LogP contribution in [0.3, 0.4) is 0 Å². The predicted molar refractivity (Wildman–Crippen MR) is 75.2 cm³/mol. The van der Waals surface area contributed by atoms with E-state index in [1.165, 1.54) is 0 Å². The number of hydrogen-bond donors (Lipinski definition) is 6. The van der Waals surface area contributed by atoms with Crippen molar-refractivity contribution in [3.63, 3.8) is 0 Å². The summed E-state index contributed by atoms with van der Waals surface area (Å²) < 4.78 is 16.5. The Morgan fingerprint density at radius 3 is 1.87 bits per heavy atom. The number of ether oxygens (including phenoxy) is 3. The van der Waals surface area contributed by atoms with E-state index in [0.29, 0.717) is 0 Å². The van der Waals surface area contributed by atoms with Crippen LogP contribution in [0, 0.1) is 5.92 Å². The largest absolute Gasteiger partial charge is 0.394 e. The summed E-state index contributed by atoms with van der Waals surface area (Å²) in [6, 6.07) is 0. The molecule has 10 atom stereocenters. The standard InChI is InChI=1S/C14H26O9/c1-5-9(17)10(18)8(4-16)22-14(5)23-13-6(2)21-7(3-15)11(19)12(13)20/h5-20H,3-4H2,1-2H3/t5?,6-,7?,8+,9?,10-,11-,12?,13+,14+/m1/s1. The Hall–Kier alpha value is -0.360. The number of hydrogen-bond acceptors (Lipinski definition) is 9. The van der Waals surface area contributed by atoms with Gasteiger partial charge < -0.3 is 44.8 Å². The summed E-state index contributed by atoms with van der Waals surface area (Å²) in [5.74, 6) is -0.625. The monoisotopic (exact) mass is 338 g/mol. The van der Waals surface area contributed by atoms with Crippen LogP contribution in [0.5, 0.6) is 0 Å². The van der Waals surface area contributed by atoms with E-state index in [9.17, 15) is 25.5 Å². The van der Waals surface area contributed by atoms with Crippen LogP contribution < -0.4 is 0 Å². The molecule has 0 radical (unpaired) electrons. The van der Waals surface area contributed by atoms with Gasteiger partial charge in [0.05, 0.1) is 25.4 Å². The molecule has 2 heterocycles. The summed E-state index contributed by atoms with van der Waals surface area (Å²) in [6.07, 6.45) is -9.59. The second-order valence-electron chi connectivity index (χ2n) is 6.21. The Kier molecular flexibility index (Phi) is 6.34. The summed E-state index contributed by atoms with van der Waals surface area (Å²) >= 11 is 0. The highest BCUT2D eigenvalue weighted by molar-refractivity contribution is 4.93. The first-order valence-corrected chi connectivity index (χ1v) is 7.72. The fourth-order valence-corrected chi connectivity index (χ4v) is 3.00. The van der Waals surface area contributed by atoms with Gasteiger partial charge in [0.15, 0.2) is 6.29 Å². The molecule has 23 heavy (non-hydrogen) atoms. The highest BCUT2D eigenvalue weighted by atomic mass is 16.7. The third-order valence-electron chi connectivity index (χ3n) is 4.58. The summed E-state index contributed by atoms with van der Waals surface area (Å²) in [7, 11) is 0. The lowest BCUT2D eigenvalue weighted by atomic mass is 9.91. The van der Waals surface area contributed by atoms with Crippen molar-refractivity contribution >= 4 is 0 Å². The maximum Gasteiger partial charge on any atom is 0.163 e. The van der Waals surface area contributed by atoms with Crippen LogP contribution in [0.4, 0.5) is 0 Å². The van der Waals surface area contributed by atoms with Crippen molar-refractivity contribution < 1.29 is 44.8 Å². The van der Waals surface area contributed by atoms with Gasteiger partial charge in [-0.05, 0) is 6.92 Å². The second-order valence-corrected chi connectivity index (χ2v) is 6.21. The van der Waals surface area contributed by atoms with Crippen LogP contribution in [0.1, 0.15) is 13.8 Å². The first-order valence-electron chi connectivity index (χ1n) is 7.72. The van der Waals surface area contributed by atoms with Gasteiger partial charge in [0.1, 0.15) is 36.6 Å².